The van der Waals surface area contributed by atoms with E-state index in [4.69, 9.17) is 4.74 Å². The molecule has 1 aromatic heterocycles. The second kappa shape index (κ2) is 6.24. The average Bonchev–Trinajstić information content (AvgIpc) is 2.90. The Morgan fingerprint density at radius 2 is 1.85 bits per heavy atom. The zero-order valence-electron chi connectivity index (χ0n) is 12.9. The molecule has 0 aromatic carbocycles. The van der Waals surface area contributed by atoms with E-state index in [-0.39, 0.29) is 5.41 Å². The van der Waals surface area contributed by atoms with Crippen molar-refractivity contribution in [3.63, 3.8) is 0 Å². The number of aromatic nitrogens is 3. The number of nitrogens with zero attached hydrogens (tertiary/aromatic N) is 4. The molecule has 0 unspecified atom stereocenters. The van der Waals surface area contributed by atoms with Gasteiger partial charge in [0.25, 0.3) is 0 Å². The van der Waals surface area contributed by atoms with Gasteiger partial charge in [-0.25, -0.2) is 0 Å². The third kappa shape index (κ3) is 4.21. The Labute approximate surface area is 121 Å². The lowest BCUT2D eigenvalue weighted by atomic mass is 9.93. The Kier molecular flexibility index (Phi) is 4.62. The van der Waals surface area contributed by atoms with Crippen molar-refractivity contribution in [2.45, 2.75) is 40.0 Å². The van der Waals surface area contributed by atoms with E-state index in [2.05, 4.69) is 45.9 Å². The fourth-order valence-corrected chi connectivity index (χ4v) is 2.03. The molecule has 0 bridgehead atoms. The standard InChI is InChI=1S/C14H25N5O/c1-14(2,3)7-10-20-13-17-11(15-4)16-12(18-13)19-8-5-6-9-19/h5-10H2,1-4H3,(H,15,16,17,18). The molecular weight excluding hydrogens is 254 g/mol. The van der Waals surface area contributed by atoms with Crippen molar-refractivity contribution in [2.75, 3.05) is 37.0 Å². The second-order valence-corrected chi connectivity index (χ2v) is 6.34. The molecule has 1 aliphatic rings. The van der Waals surface area contributed by atoms with E-state index < -0.39 is 0 Å². The molecule has 6 nitrogen and oxygen atoms in total. The molecule has 0 radical (unpaired) electrons. The monoisotopic (exact) mass is 279 g/mol. The van der Waals surface area contributed by atoms with Gasteiger partial charge in [-0.1, -0.05) is 20.8 Å². The highest BCUT2D eigenvalue weighted by atomic mass is 16.5. The van der Waals surface area contributed by atoms with E-state index in [0.717, 1.165) is 19.5 Å². The van der Waals surface area contributed by atoms with Crippen molar-refractivity contribution in [1.29, 1.82) is 0 Å². The van der Waals surface area contributed by atoms with Crippen molar-refractivity contribution >= 4 is 11.9 Å². The SMILES string of the molecule is CNc1nc(OCCC(C)(C)C)nc(N2CCCC2)n1. The minimum atomic E-state index is 0.247. The van der Waals surface area contributed by atoms with Crippen LogP contribution in [-0.2, 0) is 0 Å². The molecule has 0 atom stereocenters. The molecule has 2 heterocycles. The smallest absolute Gasteiger partial charge is 0.323 e. The summed E-state index contributed by atoms with van der Waals surface area (Å²) >= 11 is 0. The summed E-state index contributed by atoms with van der Waals surface area (Å²) in [6, 6.07) is 0.412. The number of rotatable bonds is 5. The summed E-state index contributed by atoms with van der Waals surface area (Å²) in [5, 5.41) is 2.97. The van der Waals surface area contributed by atoms with E-state index in [1.807, 2.05) is 7.05 Å². The third-order valence-electron chi connectivity index (χ3n) is 3.30. The lowest BCUT2D eigenvalue weighted by molar-refractivity contribution is 0.229. The van der Waals surface area contributed by atoms with E-state index in [0.29, 0.717) is 24.5 Å². The van der Waals surface area contributed by atoms with Crippen molar-refractivity contribution in [2.24, 2.45) is 5.41 Å². The van der Waals surface area contributed by atoms with E-state index in [1.54, 1.807) is 0 Å². The molecule has 20 heavy (non-hydrogen) atoms. The van der Waals surface area contributed by atoms with Crippen LogP contribution in [0.25, 0.3) is 0 Å². The molecule has 1 fully saturated rings. The predicted molar refractivity (Wildman–Crippen MR) is 80.4 cm³/mol. The maximum absolute atomic E-state index is 5.70. The number of ether oxygens (including phenoxy) is 1. The van der Waals surface area contributed by atoms with Crippen LogP contribution in [0.4, 0.5) is 11.9 Å². The zero-order valence-corrected chi connectivity index (χ0v) is 12.9. The molecule has 2 rings (SSSR count). The van der Waals surface area contributed by atoms with Crippen LogP contribution < -0.4 is 15.0 Å². The normalized spacial score (nSPS) is 15.5. The van der Waals surface area contributed by atoms with E-state index in [9.17, 15) is 0 Å². The van der Waals surface area contributed by atoms with Crippen LogP contribution in [0, 0.1) is 5.41 Å². The topological polar surface area (TPSA) is 63.2 Å². The van der Waals surface area contributed by atoms with Gasteiger partial charge < -0.3 is 15.0 Å². The quantitative estimate of drug-likeness (QED) is 0.892. The first-order chi connectivity index (χ1) is 9.48. The highest BCUT2D eigenvalue weighted by Crippen LogP contribution is 2.21. The number of hydrogen-bond acceptors (Lipinski definition) is 6. The van der Waals surface area contributed by atoms with E-state index in [1.165, 1.54) is 12.8 Å². The highest BCUT2D eigenvalue weighted by Gasteiger charge is 2.18. The van der Waals surface area contributed by atoms with Gasteiger partial charge >= 0.3 is 6.01 Å². The van der Waals surface area contributed by atoms with Gasteiger partial charge in [-0.05, 0) is 24.7 Å². The largest absolute Gasteiger partial charge is 0.463 e. The summed E-state index contributed by atoms with van der Waals surface area (Å²) in [5.74, 6) is 1.28. The van der Waals surface area contributed by atoms with Crippen LogP contribution in [0.1, 0.15) is 40.0 Å². The Morgan fingerprint density at radius 3 is 2.45 bits per heavy atom. The molecular formula is C14H25N5O. The number of nitrogens with one attached hydrogen (secondary N) is 1. The maximum Gasteiger partial charge on any atom is 0.323 e. The fourth-order valence-electron chi connectivity index (χ4n) is 2.03. The van der Waals surface area contributed by atoms with Gasteiger partial charge in [-0.2, -0.15) is 15.0 Å². The first-order valence-corrected chi connectivity index (χ1v) is 7.29. The molecule has 1 N–H and O–H groups in total. The summed E-state index contributed by atoms with van der Waals surface area (Å²) in [6.07, 6.45) is 3.36. The molecule has 1 aliphatic heterocycles. The van der Waals surface area contributed by atoms with Gasteiger partial charge in [0.05, 0.1) is 6.61 Å². The van der Waals surface area contributed by atoms with Gasteiger partial charge in [0.1, 0.15) is 0 Å². The average molecular weight is 279 g/mol. The molecule has 0 spiro atoms. The first kappa shape index (κ1) is 14.8. The van der Waals surface area contributed by atoms with Gasteiger partial charge in [-0.3, -0.25) is 0 Å². The highest BCUT2D eigenvalue weighted by molar-refractivity contribution is 5.38. The Hall–Kier alpha value is -1.59. The molecule has 1 aromatic rings. The zero-order chi connectivity index (χ0) is 14.6. The van der Waals surface area contributed by atoms with Crippen LogP contribution >= 0.6 is 0 Å². The van der Waals surface area contributed by atoms with Crippen LogP contribution in [-0.4, -0.2) is 41.7 Å². The van der Waals surface area contributed by atoms with E-state index >= 15 is 0 Å². The van der Waals surface area contributed by atoms with Crippen LogP contribution in [0.3, 0.4) is 0 Å². The summed E-state index contributed by atoms with van der Waals surface area (Å²) in [4.78, 5) is 15.3. The van der Waals surface area contributed by atoms with Gasteiger partial charge in [0, 0.05) is 20.1 Å². The minimum Gasteiger partial charge on any atom is -0.463 e. The molecule has 6 heteroatoms. The van der Waals surface area contributed by atoms with Crippen molar-refractivity contribution < 1.29 is 4.74 Å². The molecule has 0 aliphatic carbocycles. The van der Waals surface area contributed by atoms with Crippen molar-refractivity contribution in [3.8, 4) is 6.01 Å². The minimum absolute atomic E-state index is 0.247. The number of hydrogen-bond donors (Lipinski definition) is 1. The fraction of sp³-hybridized carbons (Fsp3) is 0.786. The summed E-state index contributed by atoms with van der Waals surface area (Å²) in [7, 11) is 1.81. The predicted octanol–water partition coefficient (Wildman–Crippen LogP) is 2.33. The number of anilines is 2. The molecule has 0 amide bonds. The molecule has 1 saturated heterocycles. The summed E-state index contributed by atoms with van der Waals surface area (Å²) in [6.45, 7) is 9.22. The van der Waals surface area contributed by atoms with Gasteiger partial charge in [-0.15, -0.1) is 0 Å². The molecule has 112 valence electrons. The Balaban J connectivity index is 2.05. The van der Waals surface area contributed by atoms with Crippen LogP contribution in [0.5, 0.6) is 6.01 Å². The van der Waals surface area contributed by atoms with Crippen LogP contribution in [0.2, 0.25) is 0 Å². The second-order valence-electron chi connectivity index (χ2n) is 6.34. The Bertz CT molecular complexity index is 438. The lowest BCUT2D eigenvalue weighted by Crippen LogP contribution is -2.22. The van der Waals surface area contributed by atoms with Crippen molar-refractivity contribution in [1.82, 2.24) is 15.0 Å². The Morgan fingerprint density at radius 1 is 1.15 bits per heavy atom. The van der Waals surface area contributed by atoms with Crippen LogP contribution in [0.15, 0.2) is 0 Å². The van der Waals surface area contributed by atoms with Gasteiger partial charge in [0.2, 0.25) is 11.9 Å². The van der Waals surface area contributed by atoms with Crippen molar-refractivity contribution in [3.05, 3.63) is 0 Å². The lowest BCUT2D eigenvalue weighted by Gasteiger charge is -2.19. The molecule has 0 saturated carbocycles. The maximum atomic E-state index is 5.70. The third-order valence-corrected chi connectivity index (χ3v) is 3.30. The van der Waals surface area contributed by atoms with Gasteiger partial charge in [0.15, 0.2) is 0 Å². The first-order valence-electron chi connectivity index (χ1n) is 7.29. The summed E-state index contributed by atoms with van der Waals surface area (Å²) < 4.78 is 5.70. The summed E-state index contributed by atoms with van der Waals surface area (Å²) in [5.41, 5.74) is 0.247.